The smallest absolute Gasteiger partial charge is 0.124 e. The zero-order valence-electron chi connectivity index (χ0n) is 12.3. The van der Waals surface area contributed by atoms with Gasteiger partial charge in [-0.05, 0) is 24.1 Å². The van der Waals surface area contributed by atoms with Crippen LogP contribution >= 0.6 is 0 Å². The molecule has 3 heteroatoms. The van der Waals surface area contributed by atoms with Gasteiger partial charge >= 0.3 is 0 Å². The van der Waals surface area contributed by atoms with Crippen LogP contribution in [-0.2, 0) is 17.9 Å². The van der Waals surface area contributed by atoms with E-state index in [-0.39, 0.29) is 0 Å². The standard InChI is InChI=1S/C16H27NO2/c1-3-4-5-6-7-10-19-13-15-11-14(12-17)8-9-16(15)18-2/h8-9,11H,3-7,10,12-13,17H2,1-2H3. The molecule has 0 aliphatic heterocycles. The van der Waals surface area contributed by atoms with Gasteiger partial charge in [0.1, 0.15) is 5.75 Å². The Hall–Kier alpha value is -1.06. The van der Waals surface area contributed by atoms with Crippen LogP contribution in [0.2, 0.25) is 0 Å². The second-order valence-corrected chi connectivity index (χ2v) is 4.82. The van der Waals surface area contributed by atoms with Gasteiger partial charge in [0.25, 0.3) is 0 Å². The fraction of sp³-hybridized carbons (Fsp3) is 0.625. The Morgan fingerprint density at radius 3 is 2.58 bits per heavy atom. The molecule has 2 N–H and O–H groups in total. The SMILES string of the molecule is CCCCCCCOCc1cc(CN)ccc1OC. The van der Waals surface area contributed by atoms with Gasteiger partial charge in [-0.2, -0.15) is 0 Å². The van der Waals surface area contributed by atoms with Crippen LogP contribution in [-0.4, -0.2) is 13.7 Å². The minimum absolute atomic E-state index is 0.550. The van der Waals surface area contributed by atoms with Gasteiger partial charge in [0, 0.05) is 18.7 Å². The lowest BCUT2D eigenvalue weighted by Gasteiger charge is -2.11. The number of methoxy groups -OCH3 is 1. The lowest BCUT2D eigenvalue weighted by atomic mass is 10.1. The Kier molecular flexibility index (Phi) is 8.26. The first kappa shape index (κ1) is 16.0. The lowest BCUT2D eigenvalue weighted by Crippen LogP contribution is -2.02. The van der Waals surface area contributed by atoms with E-state index in [0.717, 1.165) is 29.9 Å². The lowest BCUT2D eigenvalue weighted by molar-refractivity contribution is 0.115. The molecule has 19 heavy (non-hydrogen) atoms. The fourth-order valence-electron chi connectivity index (χ4n) is 2.06. The van der Waals surface area contributed by atoms with Crippen molar-refractivity contribution in [1.29, 1.82) is 0 Å². The van der Waals surface area contributed by atoms with Crippen molar-refractivity contribution in [3.8, 4) is 5.75 Å². The largest absolute Gasteiger partial charge is 0.496 e. The van der Waals surface area contributed by atoms with Gasteiger partial charge in [0.2, 0.25) is 0 Å². The van der Waals surface area contributed by atoms with Gasteiger partial charge < -0.3 is 15.2 Å². The maximum Gasteiger partial charge on any atom is 0.124 e. The first-order valence-corrected chi connectivity index (χ1v) is 7.25. The molecular weight excluding hydrogens is 238 g/mol. The average Bonchev–Trinajstić information content (AvgIpc) is 2.46. The minimum atomic E-state index is 0.550. The van der Waals surface area contributed by atoms with E-state index >= 15 is 0 Å². The molecule has 0 atom stereocenters. The number of unbranched alkanes of at least 4 members (excludes halogenated alkanes) is 4. The van der Waals surface area contributed by atoms with Crippen molar-refractivity contribution >= 4 is 0 Å². The van der Waals surface area contributed by atoms with Crippen LogP contribution < -0.4 is 10.5 Å². The first-order valence-electron chi connectivity index (χ1n) is 7.25. The molecule has 108 valence electrons. The summed E-state index contributed by atoms with van der Waals surface area (Å²) in [7, 11) is 1.69. The average molecular weight is 265 g/mol. The summed E-state index contributed by atoms with van der Waals surface area (Å²) in [6, 6.07) is 6.02. The molecule has 0 heterocycles. The number of ether oxygens (including phenoxy) is 2. The molecule has 0 amide bonds. The predicted molar refractivity (Wildman–Crippen MR) is 79.3 cm³/mol. The topological polar surface area (TPSA) is 44.5 Å². The van der Waals surface area contributed by atoms with Crippen molar-refractivity contribution in [3.63, 3.8) is 0 Å². The van der Waals surface area contributed by atoms with Gasteiger partial charge in [-0.15, -0.1) is 0 Å². The third-order valence-corrected chi connectivity index (χ3v) is 3.23. The number of nitrogens with two attached hydrogens (primary N) is 1. The van der Waals surface area contributed by atoms with Crippen LogP contribution in [0, 0.1) is 0 Å². The van der Waals surface area contributed by atoms with E-state index in [9.17, 15) is 0 Å². The summed E-state index contributed by atoms with van der Waals surface area (Å²) in [6.45, 7) is 4.20. The highest BCUT2D eigenvalue weighted by Gasteiger charge is 2.04. The molecule has 0 unspecified atom stereocenters. The van der Waals surface area contributed by atoms with E-state index in [1.807, 2.05) is 12.1 Å². The van der Waals surface area contributed by atoms with E-state index in [2.05, 4.69) is 13.0 Å². The van der Waals surface area contributed by atoms with Crippen LogP contribution in [0.15, 0.2) is 18.2 Å². The Morgan fingerprint density at radius 2 is 1.89 bits per heavy atom. The monoisotopic (exact) mass is 265 g/mol. The maximum atomic E-state index is 5.72. The van der Waals surface area contributed by atoms with Crippen LogP contribution in [0.25, 0.3) is 0 Å². The molecule has 0 radical (unpaired) electrons. The van der Waals surface area contributed by atoms with Crippen LogP contribution in [0.3, 0.4) is 0 Å². The molecule has 3 nitrogen and oxygen atoms in total. The van der Waals surface area contributed by atoms with Gasteiger partial charge in [-0.3, -0.25) is 0 Å². The van der Waals surface area contributed by atoms with Crippen molar-refractivity contribution in [2.24, 2.45) is 5.73 Å². The molecule has 0 spiro atoms. The van der Waals surface area contributed by atoms with Crippen molar-refractivity contribution in [1.82, 2.24) is 0 Å². The maximum absolute atomic E-state index is 5.72. The first-order chi connectivity index (χ1) is 9.31. The Labute approximate surface area is 117 Å². The van der Waals surface area contributed by atoms with Crippen LogP contribution in [0.1, 0.15) is 50.2 Å². The molecular formula is C16H27NO2. The molecule has 1 aromatic carbocycles. The molecule has 0 saturated carbocycles. The molecule has 1 aromatic rings. The second kappa shape index (κ2) is 9.82. The zero-order chi connectivity index (χ0) is 13.9. The van der Waals surface area contributed by atoms with E-state index in [1.165, 1.54) is 25.7 Å². The van der Waals surface area contributed by atoms with E-state index in [0.29, 0.717) is 13.2 Å². The Balaban J connectivity index is 2.31. The minimum Gasteiger partial charge on any atom is -0.496 e. The summed E-state index contributed by atoms with van der Waals surface area (Å²) in [5.41, 5.74) is 7.85. The summed E-state index contributed by atoms with van der Waals surface area (Å²) in [5.74, 6) is 0.878. The summed E-state index contributed by atoms with van der Waals surface area (Å²) in [6.07, 6.45) is 6.31. The van der Waals surface area contributed by atoms with E-state index in [1.54, 1.807) is 7.11 Å². The molecule has 0 aliphatic rings. The van der Waals surface area contributed by atoms with E-state index in [4.69, 9.17) is 15.2 Å². The molecule has 0 bridgehead atoms. The highest BCUT2D eigenvalue weighted by molar-refractivity contribution is 5.36. The summed E-state index contributed by atoms with van der Waals surface area (Å²) < 4.78 is 11.1. The molecule has 0 aliphatic carbocycles. The van der Waals surface area contributed by atoms with Gasteiger partial charge in [-0.25, -0.2) is 0 Å². The summed E-state index contributed by atoms with van der Waals surface area (Å²) in [4.78, 5) is 0. The third-order valence-electron chi connectivity index (χ3n) is 3.23. The molecule has 0 saturated heterocycles. The number of rotatable bonds is 10. The van der Waals surface area contributed by atoms with E-state index < -0.39 is 0 Å². The van der Waals surface area contributed by atoms with Crippen LogP contribution in [0.4, 0.5) is 0 Å². The van der Waals surface area contributed by atoms with Crippen molar-refractivity contribution in [2.75, 3.05) is 13.7 Å². The molecule has 0 fully saturated rings. The summed E-state index contributed by atoms with van der Waals surface area (Å²) >= 11 is 0. The number of hydrogen-bond acceptors (Lipinski definition) is 3. The Bertz CT molecular complexity index is 353. The normalized spacial score (nSPS) is 10.7. The highest BCUT2D eigenvalue weighted by Crippen LogP contribution is 2.20. The predicted octanol–water partition coefficient (Wildman–Crippen LogP) is 3.64. The van der Waals surface area contributed by atoms with Crippen molar-refractivity contribution < 1.29 is 9.47 Å². The second-order valence-electron chi connectivity index (χ2n) is 4.82. The fourth-order valence-corrected chi connectivity index (χ4v) is 2.06. The third kappa shape index (κ3) is 6.08. The Morgan fingerprint density at radius 1 is 1.11 bits per heavy atom. The van der Waals surface area contributed by atoms with Crippen LogP contribution in [0.5, 0.6) is 5.75 Å². The molecule has 0 aromatic heterocycles. The number of benzene rings is 1. The van der Waals surface area contributed by atoms with Gasteiger partial charge in [-0.1, -0.05) is 38.7 Å². The zero-order valence-corrected chi connectivity index (χ0v) is 12.3. The van der Waals surface area contributed by atoms with Gasteiger partial charge in [0.15, 0.2) is 0 Å². The highest BCUT2D eigenvalue weighted by atomic mass is 16.5. The quantitative estimate of drug-likeness (QED) is 0.657. The van der Waals surface area contributed by atoms with Crippen molar-refractivity contribution in [3.05, 3.63) is 29.3 Å². The van der Waals surface area contributed by atoms with Gasteiger partial charge in [0.05, 0.1) is 13.7 Å². The molecule has 1 rings (SSSR count). The number of hydrogen-bond donors (Lipinski definition) is 1. The summed E-state index contributed by atoms with van der Waals surface area (Å²) in [5, 5.41) is 0. The van der Waals surface area contributed by atoms with Crippen molar-refractivity contribution in [2.45, 2.75) is 52.2 Å².